The van der Waals surface area contributed by atoms with Crippen LogP contribution in [0.25, 0.3) is 0 Å². The summed E-state index contributed by atoms with van der Waals surface area (Å²) < 4.78 is 5.44. The van der Waals surface area contributed by atoms with Crippen molar-refractivity contribution in [3.63, 3.8) is 0 Å². The van der Waals surface area contributed by atoms with Crippen molar-refractivity contribution in [3.05, 3.63) is 36.3 Å². The maximum absolute atomic E-state index is 12.7. The molecule has 2 heterocycles. The van der Waals surface area contributed by atoms with Gasteiger partial charge in [-0.2, -0.15) is 0 Å². The van der Waals surface area contributed by atoms with Gasteiger partial charge in [0, 0.05) is 25.6 Å². The van der Waals surface area contributed by atoms with Crippen molar-refractivity contribution in [2.75, 3.05) is 19.6 Å². The van der Waals surface area contributed by atoms with E-state index >= 15 is 0 Å². The molecule has 120 valence electrons. The summed E-state index contributed by atoms with van der Waals surface area (Å²) >= 11 is 0. The lowest BCUT2D eigenvalue weighted by Gasteiger charge is -2.33. The maximum atomic E-state index is 12.7. The second kappa shape index (κ2) is 7.29. The van der Waals surface area contributed by atoms with E-state index in [4.69, 9.17) is 4.42 Å². The standard InChI is InChI=1S/C17H24N2O3/c1-4-16(20)19-9-6-14(7-10-19)17(21)18(5-2)12-15-13(3)8-11-22-15/h4,8,11,14H,1,5-7,9-10,12H2,2-3H3. The Morgan fingerprint density at radius 2 is 2.14 bits per heavy atom. The van der Waals surface area contributed by atoms with E-state index in [0.717, 1.165) is 11.3 Å². The quantitative estimate of drug-likeness (QED) is 0.785. The van der Waals surface area contributed by atoms with Gasteiger partial charge in [-0.25, -0.2) is 0 Å². The highest BCUT2D eigenvalue weighted by molar-refractivity contribution is 5.87. The first-order chi connectivity index (χ1) is 10.6. The summed E-state index contributed by atoms with van der Waals surface area (Å²) in [6.45, 7) is 9.88. The predicted molar refractivity (Wildman–Crippen MR) is 84.0 cm³/mol. The van der Waals surface area contributed by atoms with Crippen molar-refractivity contribution < 1.29 is 14.0 Å². The van der Waals surface area contributed by atoms with Gasteiger partial charge in [-0.3, -0.25) is 9.59 Å². The minimum absolute atomic E-state index is 0.0101. The fraction of sp³-hybridized carbons (Fsp3) is 0.529. The molecule has 0 radical (unpaired) electrons. The number of carbonyl (C=O) groups excluding carboxylic acids is 2. The van der Waals surface area contributed by atoms with Crippen LogP contribution in [0, 0.1) is 12.8 Å². The van der Waals surface area contributed by atoms with Crippen LogP contribution in [0.15, 0.2) is 29.4 Å². The van der Waals surface area contributed by atoms with Gasteiger partial charge in [0.05, 0.1) is 12.8 Å². The molecule has 1 saturated heterocycles. The van der Waals surface area contributed by atoms with E-state index in [0.29, 0.717) is 39.0 Å². The van der Waals surface area contributed by atoms with Crippen LogP contribution in [0.4, 0.5) is 0 Å². The van der Waals surface area contributed by atoms with Crippen molar-refractivity contribution in [3.8, 4) is 0 Å². The summed E-state index contributed by atoms with van der Waals surface area (Å²) in [5.41, 5.74) is 1.07. The summed E-state index contributed by atoms with van der Waals surface area (Å²) in [4.78, 5) is 27.8. The van der Waals surface area contributed by atoms with E-state index in [1.807, 2.05) is 24.8 Å². The molecule has 1 fully saturated rings. The van der Waals surface area contributed by atoms with E-state index in [1.54, 1.807) is 11.2 Å². The summed E-state index contributed by atoms with van der Waals surface area (Å²) in [5, 5.41) is 0. The fourth-order valence-corrected chi connectivity index (χ4v) is 2.82. The highest BCUT2D eigenvalue weighted by atomic mass is 16.3. The van der Waals surface area contributed by atoms with E-state index in [9.17, 15) is 9.59 Å². The van der Waals surface area contributed by atoms with Crippen LogP contribution in [0.5, 0.6) is 0 Å². The van der Waals surface area contributed by atoms with E-state index < -0.39 is 0 Å². The highest BCUT2D eigenvalue weighted by Gasteiger charge is 2.29. The second-order valence-electron chi connectivity index (χ2n) is 5.68. The number of hydrogen-bond donors (Lipinski definition) is 0. The average Bonchev–Trinajstić information content (AvgIpc) is 2.96. The molecule has 1 aromatic rings. The largest absolute Gasteiger partial charge is 0.467 e. The number of piperidine rings is 1. The Kier molecular flexibility index (Phi) is 5.41. The number of furan rings is 1. The van der Waals surface area contributed by atoms with Gasteiger partial charge in [0.2, 0.25) is 11.8 Å². The molecule has 5 nitrogen and oxygen atoms in total. The van der Waals surface area contributed by atoms with Crippen LogP contribution in [-0.4, -0.2) is 41.2 Å². The van der Waals surface area contributed by atoms with Gasteiger partial charge in [0.25, 0.3) is 0 Å². The zero-order valence-electron chi connectivity index (χ0n) is 13.4. The maximum Gasteiger partial charge on any atom is 0.245 e. The molecule has 2 amide bonds. The van der Waals surface area contributed by atoms with Gasteiger partial charge in [-0.05, 0) is 44.4 Å². The molecule has 2 rings (SSSR count). The normalized spacial score (nSPS) is 15.6. The first-order valence-electron chi connectivity index (χ1n) is 7.79. The van der Waals surface area contributed by atoms with Crippen LogP contribution in [0.3, 0.4) is 0 Å². The molecule has 1 aliphatic heterocycles. The van der Waals surface area contributed by atoms with Gasteiger partial charge in [0.1, 0.15) is 5.76 Å². The van der Waals surface area contributed by atoms with Crippen molar-refractivity contribution in [1.82, 2.24) is 9.80 Å². The number of aryl methyl sites for hydroxylation is 1. The Balaban J connectivity index is 1.94. The van der Waals surface area contributed by atoms with Gasteiger partial charge in [0.15, 0.2) is 0 Å². The first-order valence-corrected chi connectivity index (χ1v) is 7.79. The Morgan fingerprint density at radius 1 is 1.45 bits per heavy atom. The lowest BCUT2D eigenvalue weighted by Crippen LogP contribution is -2.43. The van der Waals surface area contributed by atoms with E-state index in [-0.39, 0.29) is 17.7 Å². The third-order valence-corrected chi connectivity index (χ3v) is 4.33. The predicted octanol–water partition coefficient (Wildman–Crippen LogP) is 2.36. The monoisotopic (exact) mass is 304 g/mol. The van der Waals surface area contributed by atoms with Gasteiger partial charge in [-0.1, -0.05) is 6.58 Å². The van der Waals surface area contributed by atoms with Crippen LogP contribution in [0.2, 0.25) is 0 Å². The van der Waals surface area contributed by atoms with Crippen molar-refractivity contribution in [2.45, 2.75) is 33.2 Å². The molecule has 0 N–H and O–H groups in total. The molecule has 1 aliphatic rings. The molecule has 0 unspecified atom stereocenters. The zero-order valence-corrected chi connectivity index (χ0v) is 13.4. The summed E-state index contributed by atoms with van der Waals surface area (Å²) in [6.07, 6.45) is 4.42. The van der Waals surface area contributed by atoms with Crippen LogP contribution in [0.1, 0.15) is 31.1 Å². The number of hydrogen-bond acceptors (Lipinski definition) is 3. The third kappa shape index (κ3) is 3.59. The molecule has 0 bridgehead atoms. The molecule has 0 saturated carbocycles. The van der Waals surface area contributed by atoms with Crippen molar-refractivity contribution >= 4 is 11.8 Å². The smallest absolute Gasteiger partial charge is 0.245 e. The van der Waals surface area contributed by atoms with Gasteiger partial charge in [-0.15, -0.1) is 0 Å². The number of rotatable bonds is 5. The molecule has 1 aromatic heterocycles. The average molecular weight is 304 g/mol. The summed E-state index contributed by atoms with van der Waals surface area (Å²) in [6, 6.07) is 1.91. The molecule has 5 heteroatoms. The number of likely N-dealkylation sites (tertiary alicyclic amines) is 1. The van der Waals surface area contributed by atoms with Crippen LogP contribution >= 0.6 is 0 Å². The molecule has 0 aliphatic carbocycles. The second-order valence-corrected chi connectivity index (χ2v) is 5.68. The highest BCUT2D eigenvalue weighted by Crippen LogP contribution is 2.21. The van der Waals surface area contributed by atoms with Crippen molar-refractivity contribution in [1.29, 1.82) is 0 Å². The molecule has 22 heavy (non-hydrogen) atoms. The lowest BCUT2D eigenvalue weighted by molar-refractivity contribution is -0.140. The Bertz CT molecular complexity index is 542. The molecule has 0 aromatic carbocycles. The number of amides is 2. The first kappa shape index (κ1) is 16.3. The topological polar surface area (TPSA) is 53.8 Å². The Hall–Kier alpha value is -2.04. The minimum Gasteiger partial charge on any atom is -0.467 e. The lowest BCUT2D eigenvalue weighted by atomic mass is 9.95. The molecule has 0 spiro atoms. The molecule has 0 atom stereocenters. The molecular weight excluding hydrogens is 280 g/mol. The molecular formula is C17H24N2O3. The Labute approximate surface area is 131 Å². The number of nitrogens with zero attached hydrogens (tertiary/aromatic N) is 2. The third-order valence-electron chi connectivity index (χ3n) is 4.33. The summed E-state index contributed by atoms with van der Waals surface area (Å²) in [7, 11) is 0. The minimum atomic E-state index is -0.0514. The van der Waals surface area contributed by atoms with E-state index in [2.05, 4.69) is 6.58 Å². The SMILES string of the molecule is C=CC(=O)N1CCC(C(=O)N(CC)Cc2occc2C)CC1. The summed E-state index contributed by atoms with van der Waals surface area (Å²) in [5.74, 6) is 0.937. The van der Waals surface area contributed by atoms with Gasteiger partial charge >= 0.3 is 0 Å². The fourth-order valence-electron chi connectivity index (χ4n) is 2.82. The van der Waals surface area contributed by atoms with Crippen LogP contribution < -0.4 is 0 Å². The van der Waals surface area contributed by atoms with Gasteiger partial charge < -0.3 is 14.2 Å². The Morgan fingerprint density at radius 3 is 2.64 bits per heavy atom. The number of carbonyl (C=O) groups is 2. The van der Waals surface area contributed by atoms with Crippen LogP contribution in [-0.2, 0) is 16.1 Å². The zero-order chi connectivity index (χ0) is 16.1. The van der Waals surface area contributed by atoms with Crippen molar-refractivity contribution in [2.24, 2.45) is 5.92 Å². The van der Waals surface area contributed by atoms with E-state index in [1.165, 1.54) is 6.08 Å².